The maximum Gasteiger partial charge on any atom is 0.326 e. The van der Waals surface area contributed by atoms with Crippen molar-refractivity contribution in [1.29, 1.82) is 0 Å². The molecule has 0 saturated heterocycles. The molecule has 0 radical (unpaired) electrons. The molecule has 4 heteroatoms. The number of anilines is 2. The molecule has 2 amide bonds. The second-order valence-corrected chi connectivity index (χ2v) is 3.57. The summed E-state index contributed by atoms with van der Waals surface area (Å²) in [4.78, 5) is 11.7. The number of carbonyl (C=O) groups excluding carboxylic acids is 1. The molecule has 2 N–H and O–H groups in total. The van der Waals surface area contributed by atoms with Crippen molar-refractivity contribution in [2.75, 3.05) is 10.6 Å². The number of rotatable bonds is 3. The first-order valence-corrected chi connectivity index (χ1v) is 5.49. The minimum Gasteiger partial charge on any atom is -0.449 e. The molecule has 2 rings (SSSR count). The topological polar surface area (TPSA) is 54.3 Å². The summed E-state index contributed by atoms with van der Waals surface area (Å²) < 4.78 is 5.03. The largest absolute Gasteiger partial charge is 0.449 e. The summed E-state index contributed by atoms with van der Waals surface area (Å²) >= 11 is 0. The average molecular weight is 230 g/mol. The van der Waals surface area contributed by atoms with Crippen LogP contribution in [0.25, 0.3) is 0 Å². The van der Waals surface area contributed by atoms with Crippen LogP contribution in [-0.2, 0) is 6.42 Å². The molecule has 1 aromatic carbocycles. The van der Waals surface area contributed by atoms with Crippen molar-refractivity contribution >= 4 is 17.6 Å². The zero-order chi connectivity index (χ0) is 12.1. The lowest BCUT2D eigenvalue weighted by Crippen LogP contribution is -2.19. The van der Waals surface area contributed by atoms with Crippen LogP contribution >= 0.6 is 0 Å². The van der Waals surface area contributed by atoms with Gasteiger partial charge >= 0.3 is 6.03 Å². The van der Waals surface area contributed by atoms with E-state index >= 15 is 0 Å². The fourth-order valence-electron chi connectivity index (χ4n) is 1.57. The number of furan rings is 1. The van der Waals surface area contributed by atoms with Crippen molar-refractivity contribution in [1.82, 2.24) is 0 Å². The number of amides is 2. The zero-order valence-electron chi connectivity index (χ0n) is 9.57. The highest BCUT2D eigenvalue weighted by molar-refractivity contribution is 5.99. The van der Waals surface area contributed by atoms with Gasteiger partial charge in [0.2, 0.25) is 5.88 Å². The van der Waals surface area contributed by atoms with Gasteiger partial charge in [0.05, 0.1) is 6.26 Å². The highest BCUT2D eigenvalue weighted by atomic mass is 16.3. The third kappa shape index (κ3) is 2.87. The summed E-state index contributed by atoms with van der Waals surface area (Å²) in [6.45, 7) is 2.05. The van der Waals surface area contributed by atoms with Gasteiger partial charge in [-0.25, -0.2) is 4.79 Å². The van der Waals surface area contributed by atoms with Crippen molar-refractivity contribution in [3.63, 3.8) is 0 Å². The van der Waals surface area contributed by atoms with Gasteiger partial charge < -0.3 is 9.73 Å². The summed E-state index contributed by atoms with van der Waals surface area (Å²) in [7, 11) is 0. The van der Waals surface area contributed by atoms with E-state index in [1.165, 1.54) is 6.26 Å². The van der Waals surface area contributed by atoms with E-state index in [1.54, 1.807) is 12.1 Å². The van der Waals surface area contributed by atoms with Gasteiger partial charge in [-0.3, -0.25) is 5.32 Å². The summed E-state index contributed by atoms with van der Waals surface area (Å²) in [5.74, 6) is 0.427. The van der Waals surface area contributed by atoms with E-state index in [9.17, 15) is 4.79 Å². The van der Waals surface area contributed by atoms with Crippen molar-refractivity contribution in [2.45, 2.75) is 13.3 Å². The molecule has 88 valence electrons. The predicted molar refractivity (Wildman–Crippen MR) is 67.2 cm³/mol. The molecular formula is C13H14N2O2. The van der Waals surface area contributed by atoms with E-state index in [2.05, 4.69) is 10.6 Å². The van der Waals surface area contributed by atoms with E-state index in [0.29, 0.717) is 5.88 Å². The average Bonchev–Trinajstić information content (AvgIpc) is 2.82. The van der Waals surface area contributed by atoms with E-state index in [1.807, 2.05) is 31.2 Å². The SMILES string of the molecule is CCc1ccccc1NC(=O)Nc1ccco1. The van der Waals surface area contributed by atoms with Crippen LogP contribution in [-0.4, -0.2) is 6.03 Å². The molecule has 17 heavy (non-hydrogen) atoms. The normalized spacial score (nSPS) is 9.94. The Hall–Kier alpha value is -2.23. The van der Waals surface area contributed by atoms with Crippen LogP contribution in [0.15, 0.2) is 47.1 Å². The lowest BCUT2D eigenvalue weighted by Gasteiger charge is -2.09. The molecule has 4 nitrogen and oxygen atoms in total. The van der Waals surface area contributed by atoms with Crippen molar-refractivity contribution in [3.05, 3.63) is 48.2 Å². The molecular weight excluding hydrogens is 216 g/mol. The van der Waals surface area contributed by atoms with Crippen LogP contribution in [0.2, 0.25) is 0 Å². The molecule has 0 saturated carbocycles. The lowest BCUT2D eigenvalue weighted by molar-refractivity contribution is 0.261. The smallest absolute Gasteiger partial charge is 0.326 e. The molecule has 1 aromatic heterocycles. The first kappa shape index (κ1) is 11.3. The number of urea groups is 1. The molecule has 0 unspecified atom stereocenters. The summed E-state index contributed by atoms with van der Waals surface area (Å²) in [6.07, 6.45) is 2.38. The first-order chi connectivity index (χ1) is 8.29. The van der Waals surface area contributed by atoms with Crippen LogP contribution in [0, 0.1) is 0 Å². The molecule has 0 spiro atoms. The zero-order valence-corrected chi connectivity index (χ0v) is 9.57. The highest BCUT2D eigenvalue weighted by Gasteiger charge is 2.06. The van der Waals surface area contributed by atoms with Crippen LogP contribution in [0.3, 0.4) is 0 Å². The van der Waals surface area contributed by atoms with Crippen molar-refractivity contribution < 1.29 is 9.21 Å². The van der Waals surface area contributed by atoms with E-state index in [0.717, 1.165) is 17.7 Å². The number of nitrogens with one attached hydrogen (secondary N) is 2. The second kappa shape index (κ2) is 5.21. The molecule has 0 aliphatic heterocycles. The van der Waals surface area contributed by atoms with Crippen LogP contribution < -0.4 is 10.6 Å². The fourth-order valence-corrected chi connectivity index (χ4v) is 1.57. The molecule has 0 atom stereocenters. The Morgan fingerprint density at radius 1 is 1.18 bits per heavy atom. The van der Waals surface area contributed by atoms with Gasteiger partial charge in [-0.2, -0.15) is 0 Å². The first-order valence-electron chi connectivity index (χ1n) is 5.49. The molecule has 0 aliphatic rings. The minimum atomic E-state index is -0.305. The Balaban J connectivity index is 2.03. The van der Waals surface area contributed by atoms with Crippen LogP contribution in [0.1, 0.15) is 12.5 Å². The Morgan fingerprint density at radius 3 is 2.71 bits per heavy atom. The maximum absolute atomic E-state index is 11.7. The Kier molecular flexibility index (Phi) is 3.45. The number of hydrogen-bond donors (Lipinski definition) is 2. The Morgan fingerprint density at radius 2 is 2.00 bits per heavy atom. The van der Waals surface area contributed by atoms with Gasteiger partial charge in [-0.1, -0.05) is 25.1 Å². The van der Waals surface area contributed by atoms with Gasteiger partial charge in [0.25, 0.3) is 0 Å². The quantitative estimate of drug-likeness (QED) is 0.848. The Bertz CT molecular complexity index is 492. The summed E-state index contributed by atoms with van der Waals surface area (Å²) in [5, 5.41) is 5.39. The monoisotopic (exact) mass is 230 g/mol. The number of aryl methyl sites for hydroxylation is 1. The summed E-state index contributed by atoms with van der Waals surface area (Å²) in [5.41, 5.74) is 1.92. The standard InChI is InChI=1S/C13H14N2O2/c1-2-10-6-3-4-7-11(10)14-13(16)15-12-8-5-9-17-12/h3-9H,2H2,1H3,(H2,14,15,16). The van der Waals surface area contributed by atoms with Gasteiger partial charge in [-0.05, 0) is 24.1 Å². The Labute approximate surface area is 99.6 Å². The van der Waals surface area contributed by atoms with Gasteiger partial charge in [0.15, 0.2) is 0 Å². The lowest BCUT2D eigenvalue weighted by atomic mass is 10.1. The predicted octanol–water partition coefficient (Wildman–Crippen LogP) is 3.49. The third-order valence-electron chi connectivity index (χ3n) is 2.40. The molecule has 1 heterocycles. The van der Waals surface area contributed by atoms with E-state index < -0.39 is 0 Å². The van der Waals surface area contributed by atoms with Crippen molar-refractivity contribution in [3.8, 4) is 0 Å². The van der Waals surface area contributed by atoms with Crippen molar-refractivity contribution in [2.24, 2.45) is 0 Å². The molecule has 0 fully saturated rings. The van der Waals surface area contributed by atoms with Crippen LogP contribution in [0.5, 0.6) is 0 Å². The highest BCUT2D eigenvalue weighted by Crippen LogP contribution is 2.16. The number of carbonyl (C=O) groups is 1. The number of hydrogen-bond acceptors (Lipinski definition) is 2. The van der Waals surface area contributed by atoms with Gasteiger partial charge in [0, 0.05) is 11.8 Å². The second-order valence-electron chi connectivity index (χ2n) is 3.57. The van der Waals surface area contributed by atoms with Gasteiger partial charge in [-0.15, -0.1) is 0 Å². The summed E-state index contributed by atoms with van der Waals surface area (Å²) in [6, 6.07) is 10.8. The molecule has 0 aliphatic carbocycles. The van der Waals surface area contributed by atoms with Gasteiger partial charge in [0.1, 0.15) is 0 Å². The third-order valence-corrected chi connectivity index (χ3v) is 2.40. The molecule has 2 aromatic rings. The maximum atomic E-state index is 11.7. The van der Waals surface area contributed by atoms with E-state index in [4.69, 9.17) is 4.42 Å². The van der Waals surface area contributed by atoms with E-state index in [-0.39, 0.29) is 6.03 Å². The van der Waals surface area contributed by atoms with Crippen LogP contribution in [0.4, 0.5) is 16.4 Å². The number of benzene rings is 1. The molecule has 0 bridgehead atoms. The number of para-hydroxylation sites is 1. The minimum absolute atomic E-state index is 0.305. The fraction of sp³-hybridized carbons (Fsp3) is 0.154.